The molecule has 0 N–H and O–H groups in total. The van der Waals surface area contributed by atoms with Crippen LogP contribution in [0.3, 0.4) is 0 Å². The van der Waals surface area contributed by atoms with Crippen molar-refractivity contribution in [3.63, 3.8) is 0 Å². The van der Waals surface area contributed by atoms with Crippen molar-refractivity contribution in [3.8, 4) is 0 Å². The summed E-state index contributed by atoms with van der Waals surface area (Å²) in [7, 11) is 0. The average molecular weight is 484 g/mol. The first-order chi connectivity index (χ1) is 16.2. The van der Waals surface area contributed by atoms with E-state index in [2.05, 4.69) is 6.92 Å². The van der Waals surface area contributed by atoms with Gasteiger partial charge in [-0.05, 0) is 67.9 Å². The van der Waals surface area contributed by atoms with E-state index >= 15 is 0 Å². The number of hydrogen-bond donors (Lipinski definition) is 0. The van der Waals surface area contributed by atoms with Gasteiger partial charge in [-0.3, -0.25) is 19.7 Å². The Morgan fingerprint density at radius 2 is 1.85 bits per heavy atom. The molecule has 180 valence electrons. The molecule has 0 radical (unpaired) electrons. The number of nitro groups is 1. The maximum atomic E-state index is 13.2. The molecule has 1 aromatic heterocycles. The third kappa shape index (κ3) is 4.28. The van der Waals surface area contributed by atoms with Gasteiger partial charge < -0.3 is 4.74 Å². The van der Waals surface area contributed by atoms with Crippen LogP contribution in [0.15, 0.2) is 29.8 Å². The molecule has 0 saturated heterocycles. The van der Waals surface area contributed by atoms with Crippen LogP contribution in [0.4, 0.5) is 5.69 Å². The van der Waals surface area contributed by atoms with Crippen molar-refractivity contribution in [2.75, 3.05) is 6.61 Å². The van der Waals surface area contributed by atoms with Crippen LogP contribution >= 0.6 is 11.3 Å². The van der Waals surface area contributed by atoms with Crippen molar-refractivity contribution in [1.29, 1.82) is 0 Å². The van der Waals surface area contributed by atoms with E-state index in [-0.39, 0.29) is 29.4 Å². The number of ether oxygens (including phenoxy) is 1. The Hall–Kier alpha value is -2.61. The number of thiazole rings is 1. The van der Waals surface area contributed by atoms with Gasteiger partial charge in [-0.2, -0.15) is 4.57 Å². The summed E-state index contributed by atoms with van der Waals surface area (Å²) < 4.78 is 7.75. The van der Waals surface area contributed by atoms with E-state index in [1.807, 2.05) is 17.0 Å². The Bertz CT molecular complexity index is 1120. The number of benzene rings is 1. The fourth-order valence-corrected chi connectivity index (χ4v) is 8.19. The van der Waals surface area contributed by atoms with Gasteiger partial charge in [-0.15, -0.1) is 0 Å². The highest BCUT2D eigenvalue weighted by molar-refractivity contribution is 7.09. The first kappa shape index (κ1) is 23.1. The maximum absolute atomic E-state index is 13.2. The van der Waals surface area contributed by atoms with Crippen molar-refractivity contribution in [2.24, 2.45) is 22.7 Å². The minimum Gasteiger partial charge on any atom is -0.465 e. The summed E-state index contributed by atoms with van der Waals surface area (Å²) in [6.45, 7) is 4.86. The number of esters is 1. The lowest BCUT2D eigenvalue weighted by atomic mass is 9.44. The van der Waals surface area contributed by atoms with Crippen molar-refractivity contribution >= 4 is 28.8 Å². The Kier molecular flexibility index (Phi) is 5.82. The molecule has 6 rings (SSSR count). The van der Waals surface area contributed by atoms with Gasteiger partial charge in [-0.1, -0.05) is 18.3 Å². The molecule has 0 aliphatic heterocycles. The molecule has 0 amide bonds. The van der Waals surface area contributed by atoms with Crippen molar-refractivity contribution in [3.05, 3.63) is 56.0 Å². The second-order valence-electron chi connectivity index (χ2n) is 11.0. The maximum Gasteiger partial charge on any atom is 0.312 e. The van der Waals surface area contributed by atoms with Crippen LogP contribution in [-0.2, 0) is 22.5 Å². The van der Waals surface area contributed by atoms with Crippen molar-refractivity contribution < 1.29 is 23.8 Å². The zero-order chi connectivity index (χ0) is 24.1. The minimum atomic E-state index is -0.478. The molecule has 8 heteroatoms. The molecule has 4 saturated carbocycles. The normalized spacial score (nSPS) is 29.2. The summed E-state index contributed by atoms with van der Waals surface area (Å²) in [6, 6.07) is 5.69. The predicted octanol–water partition coefficient (Wildman–Crippen LogP) is 4.83. The summed E-state index contributed by atoms with van der Waals surface area (Å²) in [5, 5.41) is 10.8. The zero-order valence-corrected chi connectivity index (χ0v) is 20.6. The number of hydrogen-bond acceptors (Lipinski definition) is 6. The van der Waals surface area contributed by atoms with Crippen LogP contribution in [0.25, 0.3) is 0 Å². The fourth-order valence-electron chi connectivity index (χ4n) is 7.21. The molecule has 2 unspecified atom stereocenters. The number of Topliss-reactive ketones (excluding diaryl/α,β-unsaturated/α-hetero) is 1. The van der Waals surface area contributed by atoms with Crippen LogP contribution in [0, 0.1) is 39.7 Å². The molecule has 4 atom stereocenters. The molecular formula is C26H31N2O5S+. The quantitative estimate of drug-likeness (QED) is 0.176. The molecule has 1 heterocycles. The molecule has 4 aliphatic rings. The molecule has 4 fully saturated rings. The van der Waals surface area contributed by atoms with Gasteiger partial charge in [0, 0.05) is 31.0 Å². The summed E-state index contributed by atoms with van der Waals surface area (Å²) in [4.78, 5) is 37.2. The standard InChI is InChI=1S/C26H31N2O5S/c1-17-23(34-16-27(17)14-22(29)20-3-5-21(6-4-20)28(31)32)7-8-33-24(30)26-12-18-9-19(13-26)11-25(2,10-18)15-26/h3-6,16,18-19H,7-15H2,1-2H3/q+1/t18-,19+,25?,26?. The van der Waals surface area contributed by atoms with Gasteiger partial charge in [0.25, 0.3) is 5.69 Å². The highest BCUT2D eigenvalue weighted by atomic mass is 32.1. The van der Waals surface area contributed by atoms with E-state index in [9.17, 15) is 19.7 Å². The van der Waals surface area contributed by atoms with Gasteiger partial charge in [-0.25, -0.2) is 0 Å². The Balaban J connectivity index is 1.17. The van der Waals surface area contributed by atoms with E-state index in [1.54, 1.807) is 11.3 Å². The monoisotopic (exact) mass is 483 g/mol. The second-order valence-corrected chi connectivity index (χ2v) is 12.0. The van der Waals surface area contributed by atoms with Crippen molar-refractivity contribution in [2.45, 2.75) is 65.3 Å². The Labute approximate surface area is 203 Å². The van der Waals surface area contributed by atoms with Gasteiger partial charge >= 0.3 is 5.97 Å². The van der Waals surface area contributed by atoms with Crippen LogP contribution in [0.2, 0.25) is 0 Å². The summed E-state index contributed by atoms with van der Waals surface area (Å²) >= 11 is 1.56. The summed E-state index contributed by atoms with van der Waals surface area (Å²) in [5.41, 5.74) is 3.36. The first-order valence-corrected chi connectivity index (χ1v) is 13.0. The third-order valence-corrected chi connectivity index (χ3v) is 9.36. The average Bonchev–Trinajstić information content (AvgIpc) is 3.11. The predicted molar refractivity (Wildman–Crippen MR) is 127 cm³/mol. The number of nitrogens with zero attached hydrogens (tertiary/aromatic N) is 2. The van der Waals surface area contributed by atoms with E-state index in [0.29, 0.717) is 35.8 Å². The van der Waals surface area contributed by atoms with Crippen LogP contribution in [0.5, 0.6) is 0 Å². The highest BCUT2D eigenvalue weighted by Gasteiger charge is 2.59. The number of ketones is 1. The minimum absolute atomic E-state index is 0.00302. The molecule has 0 spiro atoms. The third-order valence-electron chi connectivity index (χ3n) is 8.22. The van der Waals surface area contributed by atoms with Crippen molar-refractivity contribution in [1.82, 2.24) is 0 Å². The number of carbonyl (C=O) groups excluding carboxylic acids is 2. The molecule has 1 aromatic carbocycles. The van der Waals surface area contributed by atoms with Gasteiger partial charge in [0.15, 0.2) is 5.69 Å². The molecule has 4 aliphatic carbocycles. The largest absolute Gasteiger partial charge is 0.465 e. The lowest BCUT2D eigenvalue weighted by Crippen LogP contribution is -2.54. The molecular weight excluding hydrogens is 452 g/mol. The smallest absolute Gasteiger partial charge is 0.312 e. The van der Waals surface area contributed by atoms with E-state index in [0.717, 1.165) is 29.8 Å². The fraction of sp³-hybridized carbons (Fsp3) is 0.577. The molecule has 4 bridgehead atoms. The van der Waals surface area contributed by atoms with Crippen LogP contribution in [-0.4, -0.2) is 23.3 Å². The van der Waals surface area contributed by atoms with E-state index in [4.69, 9.17) is 4.74 Å². The topological polar surface area (TPSA) is 90.4 Å². The summed E-state index contributed by atoms with van der Waals surface area (Å²) in [6.07, 6.45) is 7.45. The van der Waals surface area contributed by atoms with Crippen LogP contribution in [0.1, 0.15) is 66.4 Å². The number of aromatic nitrogens is 1. The Morgan fingerprint density at radius 3 is 2.47 bits per heavy atom. The van der Waals surface area contributed by atoms with Gasteiger partial charge in [0.1, 0.15) is 0 Å². The number of nitro benzene ring substituents is 1. The molecule has 34 heavy (non-hydrogen) atoms. The SMILES string of the molecule is Cc1c(CCOC(=O)C23C[C@@H]4C[C@@H](CC(C)(C4)C2)C3)sc[n+]1CC(=O)c1ccc([N+](=O)[O-])cc1. The zero-order valence-electron chi connectivity index (χ0n) is 19.7. The lowest BCUT2D eigenvalue weighted by molar-refractivity contribution is -0.684. The molecule has 2 aromatic rings. The van der Waals surface area contributed by atoms with Crippen LogP contribution < -0.4 is 4.57 Å². The number of rotatable bonds is 8. The Morgan fingerprint density at radius 1 is 1.18 bits per heavy atom. The van der Waals surface area contributed by atoms with Gasteiger partial charge in [0.2, 0.25) is 17.8 Å². The second kappa shape index (κ2) is 8.56. The lowest BCUT2D eigenvalue weighted by Gasteiger charge is -2.59. The van der Waals surface area contributed by atoms with E-state index in [1.165, 1.54) is 43.5 Å². The number of carbonyl (C=O) groups is 2. The first-order valence-electron chi connectivity index (χ1n) is 12.1. The highest BCUT2D eigenvalue weighted by Crippen LogP contribution is 2.65. The number of non-ortho nitro benzene ring substituents is 1. The summed E-state index contributed by atoms with van der Waals surface area (Å²) in [5.74, 6) is 1.27. The van der Waals surface area contributed by atoms with E-state index < -0.39 is 4.92 Å². The van der Waals surface area contributed by atoms with Gasteiger partial charge in [0.05, 0.1) is 21.8 Å². The molecule has 7 nitrogen and oxygen atoms in total.